The molecule has 0 aliphatic rings. The molecule has 2 aromatic heterocycles. The van der Waals surface area contributed by atoms with Gasteiger partial charge in [0.2, 0.25) is 0 Å². The molecule has 0 aliphatic heterocycles. The second kappa shape index (κ2) is 6.13. The van der Waals surface area contributed by atoms with Crippen molar-refractivity contribution in [3.8, 4) is 0 Å². The number of benzene rings is 1. The Morgan fingerprint density at radius 2 is 2.09 bits per heavy atom. The SMILES string of the molecule is O=C(OCCn1c(=O)oc2ccccc21)c1c[nH]c(=O)c(Cl)c1. The van der Waals surface area contributed by atoms with Crippen molar-refractivity contribution in [1.82, 2.24) is 9.55 Å². The highest BCUT2D eigenvalue weighted by molar-refractivity contribution is 6.30. The number of H-pyrrole nitrogens is 1. The molecule has 0 saturated carbocycles. The van der Waals surface area contributed by atoms with Gasteiger partial charge in [0.1, 0.15) is 11.6 Å². The van der Waals surface area contributed by atoms with Gasteiger partial charge < -0.3 is 14.1 Å². The van der Waals surface area contributed by atoms with Crippen LogP contribution >= 0.6 is 11.6 Å². The maximum atomic E-state index is 11.9. The van der Waals surface area contributed by atoms with Crippen molar-refractivity contribution in [2.75, 3.05) is 6.61 Å². The van der Waals surface area contributed by atoms with E-state index in [2.05, 4.69) is 4.98 Å². The van der Waals surface area contributed by atoms with Crippen molar-refractivity contribution >= 4 is 28.7 Å². The number of aromatic amines is 1. The van der Waals surface area contributed by atoms with E-state index >= 15 is 0 Å². The molecule has 8 heteroatoms. The third-order valence-corrected chi connectivity index (χ3v) is 3.50. The van der Waals surface area contributed by atoms with Crippen LogP contribution in [-0.4, -0.2) is 22.1 Å². The van der Waals surface area contributed by atoms with Crippen LogP contribution in [0, 0.1) is 0 Å². The Bertz CT molecular complexity index is 985. The monoisotopic (exact) mass is 334 g/mol. The van der Waals surface area contributed by atoms with Crippen molar-refractivity contribution in [2.45, 2.75) is 6.54 Å². The zero-order valence-electron chi connectivity index (χ0n) is 11.7. The van der Waals surface area contributed by atoms with E-state index in [1.165, 1.54) is 16.8 Å². The van der Waals surface area contributed by atoms with Crippen molar-refractivity contribution < 1.29 is 13.9 Å². The molecule has 3 rings (SSSR count). The van der Waals surface area contributed by atoms with E-state index < -0.39 is 17.3 Å². The summed E-state index contributed by atoms with van der Waals surface area (Å²) in [5.41, 5.74) is 0.732. The number of halogens is 1. The van der Waals surface area contributed by atoms with Gasteiger partial charge in [0, 0.05) is 6.20 Å². The minimum Gasteiger partial charge on any atom is -0.460 e. The molecule has 0 fully saturated rings. The highest BCUT2D eigenvalue weighted by Gasteiger charge is 2.12. The fourth-order valence-corrected chi connectivity index (χ4v) is 2.28. The van der Waals surface area contributed by atoms with Crippen LogP contribution in [0.25, 0.3) is 11.1 Å². The van der Waals surface area contributed by atoms with E-state index in [1.807, 2.05) is 0 Å². The summed E-state index contributed by atoms with van der Waals surface area (Å²) in [6.07, 6.45) is 1.22. The molecule has 1 aromatic carbocycles. The zero-order chi connectivity index (χ0) is 16.4. The van der Waals surface area contributed by atoms with E-state index in [-0.39, 0.29) is 23.7 Å². The molecule has 0 radical (unpaired) electrons. The van der Waals surface area contributed by atoms with Crippen LogP contribution in [-0.2, 0) is 11.3 Å². The van der Waals surface area contributed by atoms with Gasteiger partial charge in [-0.25, -0.2) is 9.59 Å². The number of carbonyl (C=O) groups excluding carboxylic acids is 1. The van der Waals surface area contributed by atoms with Gasteiger partial charge >= 0.3 is 11.7 Å². The smallest absolute Gasteiger partial charge is 0.420 e. The summed E-state index contributed by atoms with van der Waals surface area (Å²) in [6.45, 7) is 0.123. The van der Waals surface area contributed by atoms with E-state index in [4.69, 9.17) is 20.8 Å². The van der Waals surface area contributed by atoms with Gasteiger partial charge in [0.15, 0.2) is 5.58 Å². The normalized spacial score (nSPS) is 10.8. The first-order valence-corrected chi connectivity index (χ1v) is 7.08. The van der Waals surface area contributed by atoms with Crippen molar-refractivity contribution in [2.24, 2.45) is 0 Å². The van der Waals surface area contributed by atoms with E-state index in [1.54, 1.807) is 24.3 Å². The summed E-state index contributed by atoms with van der Waals surface area (Å²) in [5, 5.41) is -0.100. The summed E-state index contributed by atoms with van der Waals surface area (Å²) in [4.78, 5) is 37.1. The molecule has 23 heavy (non-hydrogen) atoms. The Hall–Kier alpha value is -2.80. The molecule has 1 N–H and O–H groups in total. The van der Waals surface area contributed by atoms with Crippen molar-refractivity contribution in [3.63, 3.8) is 0 Å². The molecule has 0 spiro atoms. The molecule has 0 unspecified atom stereocenters. The number of esters is 1. The second-order valence-electron chi connectivity index (χ2n) is 4.69. The third kappa shape index (κ3) is 3.04. The molecule has 0 amide bonds. The summed E-state index contributed by atoms with van der Waals surface area (Å²) in [5.74, 6) is -1.17. The molecule has 0 atom stereocenters. The Morgan fingerprint density at radius 1 is 1.30 bits per heavy atom. The number of nitrogens with zero attached hydrogens (tertiary/aromatic N) is 1. The highest BCUT2D eigenvalue weighted by Crippen LogP contribution is 2.11. The average molecular weight is 335 g/mol. The number of pyridine rings is 1. The molecular weight excluding hydrogens is 324 g/mol. The lowest BCUT2D eigenvalue weighted by molar-refractivity contribution is 0.0489. The zero-order valence-corrected chi connectivity index (χ0v) is 12.5. The topological polar surface area (TPSA) is 94.3 Å². The van der Waals surface area contributed by atoms with Crippen LogP contribution in [0.2, 0.25) is 5.02 Å². The van der Waals surface area contributed by atoms with Crippen molar-refractivity contribution in [3.05, 3.63) is 68.0 Å². The lowest BCUT2D eigenvalue weighted by atomic mass is 10.3. The van der Waals surface area contributed by atoms with Crippen LogP contribution < -0.4 is 11.3 Å². The van der Waals surface area contributed by atoms with E-state index in [9.17, 15) is 14.4 Å². The number of carbonyl (C=O) groups is 1. The standard InChI is InChI=1S/C15H11ClN2O5/c16-10-7-9(8-17-13(10)19)14(20)22-6-5-18-11-3-1-2-4-12(11)23-15(18)21/h1-4,7-8H,5-6H2,(H,17,19). The number of fused-ring (bicyclic) bond motifs is 1. The maximum absolute atomic E-state index is 11.9. The van der Waals surface area contributed by atoms with E-state index in [0.717, 1.165) is 0 Å². The molecule has 0 saturated heterocycles. The number of aromatic nitrogens is 2. The van der Waals surface area contributed by atoms with Crippen LogP contribution in [0.5, 0.6) is 0 Å². The first-order chi connectivity index (χ1) is 11.1. The predicted molar refractivity (Wildman–Crippen MR) is 82.8 cm³/mol. The predicted octanol–water partition coefficient (Wildman–Crippen LogP) is 1.79. The van der Waals surface area contributed by atoms with Gasteiger partial charge in [-0.15, -0.1) is 0 Å². The maximum Gasteiger partial charge on any atom is 0.420 e. The largest absolute Gasteiger partial charge is 0.460 e. The molecule has 2 heterocycles. The quantitative estimate of drug-likeness (QED) is 0.734. The highest BCUT2D eigenvalue weighted by atomic mass is 35.5. The first kappa shape index (κ1) is 15.1. The first-order valence-electron chi connectivity index (χ1n) is 6.70. The van der Waals surface area contributed by atoms with Gasteiger partial charge in [-0.3, -0.25) is 9.36 Å². The number of nitrogens with one attached hydrogen (secondary N) is 1. The van der Waals surface area contributed by atoms with Crippen LogP contribution in [0.1, 0.15) is 10.4 Å². The molecule has 3 aromatic rings. The van der Waals surface area contributed by atoms with Crippen LogP contribution in [0.3, 0.4) is 0 Å². The van der Waals surface area contributed by atoms with Gasteiger partial charge in [-0.05, 0) is 18.2 Å². The fraction of sp³-hybridized carbons (Fsp3) is 0.133. The van der Waals surface area contributed by atoms with Crippen LogP contribution in [0.15, 0.2) is 50.5 Å². The molecule has 0 bridgehead atoms. The van der Waals surface area contributed by atoms with Gasteiger partial charge in [0.05, 0.1) is 17.6 Å². The summed E-state index contributed by atoms with van der Waals surface area (Å²) < 4.78 is 11.5. The number of hydrogen-bond acceptors (Lipinski definition) is 5. The number of rotatable bonds is 4. The minimum atomic E-state index is -0.649. The van der Waals surface area contributed by atoms with Gasteiger partial charge in [0.25, 0.3) is 5.56 Å². The molecular formula is C15H11ClN2O5. The Balaban J connectivity index is 1.70. The Labute approximate surface area is 134 Å². The lowest BCUT2D eigenvalue weighted by Crippen LogP contribution is -2.19. The second-order valence-corrected chi connectivity index (χ2v) is 5.10. The number of hydrogen-bond donors (Lipinski definition) is 1. The molecule has 7 nitrogen and oxygen atoms in total. The minimum absolute atomic E-state index is 0.0288. The van der Waals surface area contributed by atoms with Gasteiger partial charge in [-0.1, -0.05) is 23.7 Å². The fourth-order valence-electron chi connectivity index (χ4n) is 2.11. The lowest BCUT2D eigenvalue weighted by Gasteiger charge is -2.05. The number of ether oxygens (including phenoxy) is 1. The van der Waals surface area contributed by atoms with E-state index in [0.29, 0.717) is 11.1 Å². The Morgan fingerprint density at radius 3 is 2.87 bits per heavy atom. The Kier molecular flexibility index (Phi) is 4.03. The summed E-state index contributed by atoms with van der Waals surface area (Å²) >= 11 is 5.65. The number of para-hydroxylation sites is 2. The molecule has 118 valence electrons. The third-order valence-electron chi connectivity index (χ3n) is 3.22. The summed E-state index contributed by atoms with van der Waals surface area (Å²) in [7, 11) is 0. The molecule has 0 aliphatic carbocycles. The summed E-state index contributed by atoms with van der Waals surface area (Å²) in [6, 6.07) is 8.19. The van der Waals surface area contributed by atoms with Crippen LogP contribution in [0.4, 0.5) is 0 Å². The van der Waals surface area contributed by atoms with Gasteiger partial charge in [-0.2, -0.15) is 0 Å². The average Bonchev–Trinajstić information content (AvgIpc) is 2.86. The van der Waals surface area contributed by atoms with Crippen molar-refractivity contribution in [1.29, 1.82) is 0 Å². The number of oxazole rings is 1.